The number of thiophene rings is 1. The third-order valence-electron chi connectivity index (χ3n) is 2.19. The summed E-state index contributed by atoms with van der Waals surface area (Å²) in [7, 11) is 0. The van der Waals surface area contributed by atoms with Gasteiger partial charge in [0, 0.05) is 24.4 Å². The van der Waals surface area contributed by atoms with Gasteiger partial charge in [-0.3, -0.25) is 4.79 Å². The molecule has 3 nitrogen and oxygen atoms in total. The standard InChI is InChI=1S/C12H18N2OS/c1-4-5-9(2)13-8-12-11(6-7-16-12)14-10(3)15/h4,6-7,9,13H,1,5,8H2,2-3H3,(H,14,15). The molecular weight excluding hydrogens is 220 g/mol. The highest BCUT2D eigenvalue weighted by molar-refractivity contribution is 7.10. The molecule has 1 atom stereocenters. The lowest BCUT2D eigenvalue weighted by Gasteiger charge is -2.11. The Labute approximate surface area is 101 Å². The van der Waals surface area contributed by atoms with Crippen molar-refractivity contribution in [2.75, 3.05) is 5.32 Å². The second-order valence-corrected chi connectivity index (χ2v) is 4.75. The number of amides is 1. The molecule has 0 spiro atoms. The van der Waals surface area contributed by atoms with Crippen LogP contribution in [-0.2, 0) is 11.3 Å². The van der Waals surface area contributed by atoms with Gasteiger partial charge in [0.25, 0.3) is 0 Å². The first-order valence-electron chi connectivity index (χ1n) is 5.31. The molecule has 16 heavy (non-hydrogen) atoms. The van der Waals surface area contributed by atoms with Crippen molar-refractivity contribution in [3.8, 4) is 0 Å². The van der Waals surface area contributed by atoms with Crippen LogP contribution in [0.3, 0.4) is 0 Å². The Balaban J connectivity index is 2.50. The van der Waals surface area contributed by atoms with E-state index in [0.29, 0.717) is 6.04 Å². The number of nitrogens with one attached hydrogen (secondary N) is 2. The molecule has 0 saturated heterocycles. The van der Waals surface area contributed by atoms with Gasteiger partial charge < -0.3 is 10.6 Å². The molecule has 0 fully saturated rings. The molecule has 0 aliphatic carbocycles. The largest absolute Gasteiger partial charge is 0.325 e. The van der Waals surface area contributed by atoms with E-state index < -0.39 is 0 Å². The third-order valence-corrected chi connectivity index (χ3v) is 3.11. The van der Waals surface area contributed by atoms with E-state index in [2.05, 4.69) is 24.1 Å². The third kappa shape index (κ3) is 4.16. The minimum atomic E-state index is -0.0289. The van der Waals surface area contributed by atoms with Crippen LogP contribution in [-0.4, -0.2) is 11.9 Å². The van der Waals surface area contributed by atoms with Crippen LogP contribution in [0.2, 0.25) is 0 Å². The summed E-state index contributed by atoms with van der Waals surface area (Å²) in [6, 6.07) is 2.34. The molecule has 0 aliphatic rings. The van der Waals surface area contributed by atoms with Crippen LogP contribution in [0.5, 0.6) is 0 Å². The number of carbonyl (C=O) groups is 1. The summed E-state index contributed by atoms with van der Waals surface area (Å²) in [6.45, 7) is 8.13. The molecule has 2 N–H and O–H groups in total. The van der Waals surface area contributed by atoms with Crippen LogP contribution in [0.25, 0.3) is 0 Å². The Bertz CT molecular complexity index is 360. The Morgan fingerprint density at radius 3 is 3.06 bits per heavy atom. The summed E-state index contributed by atoms with van der Waals surface area (Å²) in [6.07, 6.45) is 2.85. The van der Waals surface area contributed by atoms with E-state index >= 15 is 0 Å². The molecule has 1 amide bonds. The van der Waals surface area contributed by atoms with Crippen molar-refractivity contribution in [2.45, 2.75) is 32.9 Å². The lowest BCUT2D eigenvalue weighted by Crippen LogP contribution is -2.24. The van der Waals surface area contributed by atoms with Crippen LogP contribution >= 0.6 is 11.3 Å². The molecule has 0 radical (unpaired) electrons. The van der Waals surface area contributed by atoms with Crippen molar-refractivity contribution in [3.63, 3.8) is 0 Å². The van der Waals surface area contributed by atoms with Crippen LogP contribution in [0.4, 0.5) is 5.69 Å². The number of anilines is 1. The molecule has 1 aromatic heterocycles. The molecule has 4 heteroatoms. The van der Waals surface area contributed by atoms with E-state index in [0.717, 1.165) is 23.5 Å². The molecule has 0 bridgehead atoms. The SMILES string of the molecule is C=CCC(C)NCc1sccc1NC(C)=O. The van der Waals surface area contributed by atoms with Gasteiger partial charge in [0.1, 0.15) is 0 Å². The van der Waals surface area contributed by atoms with Crippen LogP contribution < -0.4 is 10.6 Å². The van der Waals surface area contributed by atoms with Crippen molar-refractivity contribution in [1.29, 1.82) is 0 Å². The predicted octanol–water partition coefficient (Wildman–Crippen LogP) is 2.76. The molecule has 88 valence electrons. The van der Waals surface area contributed by atoms with Gasteiger partial charge in [-0.2, -0.15) is 0 Å². The van der Waals surface area contributed by atoms with Crippen molar-refractivity contribution in [2.24, 2.45) is 0 Å². The Kier molecular flexibility index (Phi) is 5.22. The summed E-state index contributed by atoms with van der Waals surface area (Å²) in [5.74, 6) is -0.0289. The van der Waals surface area contributed by atoms with Gasteiger partial charge in [0.15, 0.2) is 0 Å². The summed E-state index contributed by atoms with van der Waals surface area (Å²) in [4.78, 5) is 12.1. The van der Waals surface area contributed by atoms with Gasteiger partial charge in [0.05, 0.1) is 5.69 Å². The Hall–Kier alpha value is -1.13. The van der Waals surface area contributed by atoms with Gasteiger partial charge in [-0.05, 0) is 24.8 Å². The van der Waals surface area contributed by atoms with Gasteiger partial charge >= 0.3 is 0 Å². The highest BCUT2D eigenvalue weighted by Crippen LogP contribution is 2.22. The normalized spacial score (nSPS) is 12.1. The van der Waals surface area contributed by atoms with Crippen LogP contribution in [0.1, 0.15) is 25.1 Å². The summed E-state index contributed by atoms with van der Waals surface area (Å²) >= 11 is 1.65. The maximum atomic E-state index is 11.0. The van der Waals surface area contributed by atoms with Gasteiger partial charge in [0.2, 0.25) is 5.91 Å². The van der Waals surface area contributed by atoms with Crippen LogP contribution in [0, 0.1) is 0 Å². The minimum absolute atomic E-state index is 0.0289. The second-order valence-electron chi connectivity index (χ2n) is 3.74. The minimum Gasteiger partial charge on any atom is -0.325 e. The molecule has 1 heterocycles. The fourth-order valence-electron chi connectivity index (χ4n) is 1.38. The molecule has 1 rings (SSSR count). The zero-order chi connectivity index (χ0) is 12.0. The fourth-order valence-corrected chi connectivity index (χ4v) is 2.16. The molecule has 0 saturated carbocycles. The average Bonchev–Trinajstić information content (AvgIpc) is 2.62. The zero-order valence-corrected chi connectivity index (χ0v) is 10.6. The van der Waals surface area contributed by atoms with Crippen molar-refractivity contribution in [1.82, 2.24) is 5.32 Å². The lowest BCUT2D eigenvalue weighted by molar-refractivity contribution is -0.114. The lowest BCUT2D eigenvalue weighted by atomic mass is 10.2. The molecule has 1 aromatic rings. The Morgan fingerprint density at radius 1 is 1.69 bits per heavy atom. The first kappa shape index (κ1) is 12.9. The maximum Gasteiger partial charge on any atom is 0.221 e. The molecule has 0 aliphatic heterocycles. The fraction of sp³-hybridized carbons (Fsp3) is 0.417. The first-order valence-corrected chi connectivity index (χ1v) is 6.19. The van der Waals surface area contributed by atoms with E-state index in [1.54, 1.807) is 11.3 Å². The van der Waals surface area contributed by atoms with Crippen molar-refractivity contribution < 1.29 is 4.79 Å². The first-order chi connectivity index (χ1) is 7.63. The topological polar surface area (TPSA) is 41.1 Å². The number of hydrogen-bond acceptors (Lipinski definition) is 3. The monoisotopic (exact) mass is 238 g/mol. The molecular formula is C12H18N2OS. The van der Waals surface area contributed by atoms with Crippen LogP contribution in [0.15, 0.2) is 24.1 Å². The predicted molar refractivity (Wildman–Crippen MR) is 69.7 cm³/mol. The second kappa shape index (κ2) is 6.45. The number of rotatable bonds is 6. The molecule has 1 unspecified atom stereocenters. The van der Waals surface area contributed by atoms with E-state index in [1.807, 2.05) is 17.5 Å². The number of carbonyl (C=O) groups excluding carboxylic acids is 1. The maximum absolute atomic E-state index is 11.0. The smallest absolute Gasteiger partial charge is 0.221 e. The van der Waals surface area contributed by atoms with E-state index in [-0.39, 0.29) is 5.91 Å². The summed E-state index contributed by atoms with van der Waals surface area (Å²) in [5.41, 5.74) is 0.913. The van der Waals surface area contributed by atoms with E-state index in [4.69, 9.17) is 0 Å². The summed E-state index contributed by atoms with van der Waals surface area (Å²) in [5, 5.41) is 8.19. The van der Waals surface area contributed by atoms with Gasteiger partial charge in [-0.25, -0.2) is 0 Å². The average molecular weight is 238 g/mol. The molecule has 0 aromatic carbocycles. The highest BCUT2D eigenvalue weighted by Gasteiger charge is 2.06. The highest BCUT2D eigenvalue weighted by atomic mass is 32.1. The van der Waals surface area contributed by atoms with Gasteiger partial charge in [-0.15, -0.1) is 17.9 Å². The van der Waals surface area contributed by atoms with Crippen molar-refractivity contribution in [3.05, 3.63) is 29.0 Å². The zero-order valence-electron chi connectivity index (χ0n) is 9.75. The van der Waals surface area contributed by atoms with Gasteiger partial charge in [-0.1, -0.05) is 6.08 Å². The summed E-state index contributed by atoms with van der Waals surface area (Å²) < 4.78 is 0. The van der Waals surface area contributed by atoms with E-state index in [1.165, 1.54) is 6.92 Å². The number of hydrogen-bond donors (Lipinski definition) is 2. The quantitative estimate of drug-likeness (QED) is 0.748. The Morgan fingerprint density at radius 2 is 2.44 bits per heavy atom. The van der Waals surface area contributed by atoms with Crippen molar-refractivity contribution >= 4 is 22.9 Å². The van der Waals surface area contributed by atoms with E-state index in [9.17, 15) is 4.79 Å².